The number of hydrogen-bond acceptors (Lipinski definition) is 1. The average Bonchev–Trinajstić information content (AvgIpc) is 2.31. The predicted octanol–water partition coefficient (Wildman–Crippen LogP) is 2.14. The second-order valence-corrected chi connectivity index (χ2v) is 4.33. The lowest BCUT2D eigenvalue weighted by molar-refractivity contribution is 0.683. The zero-order chi connectivity index (χ0) is 8.27. The Hall–Kier alpha value is -0.310. The molecule has 0 aliphatic heterocycles. The molecule has 0 spiro atoms. The monoisotopic (exact) mass is 216 g/mol. The molecule has 0 radical (unpaired) electrons. The fourth-order valence-corrected chi connectivity index (χ4v) is 1.22. The molecule has 1 aromatic heterocycles. The lowest BCUT2D eigenvalue weighted by Crippen LogP contribution is -2.01. The maximum Gasteiger partial charge on any atom is 0.0492 e. The molecule has 1 aromatic rings. The van der Waals surface area contributed by atoms with Gasteiger partial charge in [-0.05, 0) is 18.9 Å². The molecule has 1 heterocycles. The molecule has 0 bridgehead atoms. The van der Waals surface area contributed by atoms with Crippen molar-refractivity contribution >= 4 is 15.9 Å². The van der Waals surface area contributed by atoms with E-state index in [0.29, 0.717) is 4.83 Å². The van der Waals surface area contributed by atoms with Crippen LogP contribution in [0.15, 0.2) is 12.3 Å². The van der Waals surface area contributed by atoms with Crippen LogP contribution >= 0.6 is 15.9 Å². The highest BCUT2D eigenvalue weighted by Gasteiger charge is 2.00. The Morgan fingerprint density at radius 2 is 2.45 bits per heavy atom. The summed E-state index contributed by atoms with van der Waals surface area (Å²) in [5, 5.41) is 4.10. The lowest BCUT2D eigenvalue weighted by Gasteiger charge is -2.02. The highest BCUT2D eigenvalue weighted by Crippen LogP contribution is 2.08. The Morgan fingerprint density at radius 3 is 2.91 bits per heavy atom. The van der Waals surface area contributed by atoms with E-state index in [4.69, 9.17) is 0 Å². The van der Waals surface area contributed by atoms with Gasteiger partial charge in [0, 0.05) is 23.8 Å². The molecule has 3 heteroatoms. The molecule has 0 saturated heterocycles. The summed E-state index contributed by atoms with van der Waals surface area (Å²) in [4.78, 5) is 0.595. The second kappa shape index (κ2) is 3.90. The van der Waals surface area contributed by atoms with Gasteiger partial charge in [0.2, 0.25) is 0 Å². The molecule has 0 amide bonds. The van der Waals surface area contributed by atoms with Gasteiger partial charge in [-0.2, -0.15) is 5.10 Å². The van der Waals surface area contributed by atoms with E-state index in [1.54, 1.807) is 0 Å². The first-order valence-corrected chi connectivity index (χ1v) is 4.72. The van der Waals surface area contributed by atoms with Crippen LogP contribution in [0.1, 0.15) is 19.0 Å². The van der Waals surface area contributed by atoms with Gasteiger partial charge in [-0.25, -0.2) is 0 Å². The number of aryl methyl sites for hydroxylation is 2. The molecule has 1 rings (SSSR count). The molecular weight excluding hydrogens is 204 g/mol. The lowest BCUT2D eigenvalue weighted by atomic mass is 10.2. The van der Waals surface area contributed by atoms with Gasteiger partial charge in [0.25, 0.3) is 0 Å². The van der Waals surface area contributed by atoms with E-state index < -0.39 is 0 Å². The van der Waals surface area contributed by atoms with E-state index in [9.17, 15) is 0 Å². The smallest absolute Gasteiger partial charge is 0.0492 e. The van der Waals surface area contributed by atoms with Gasteiger partial charge >= 0.3 is 0 Å². The summed E-state index contributed by atoms with van der Waals surface area (Å²) in [6, 6.07) is 2.06. The summed E-state index contributed by atoms with van der Waals surface area (Å²) in [5.41, 5.74) is 1.30. The zero-order valence-corrected chi connectivity index (χ0v) is 8.50. The van der Waals surface area contributed by atoms with E-state index in [0.717, 1.165) is 6.42 Å². The van der Waals surface area contributed by atoms with Crippen LogP contribution in [0, 0.1) is 0 Å². The summed E-state index contributed by atoms with van der Waals surface area (Å²) in [6.07, 6.45) is 4.11. The molecule has 0 N–H and O–H groups in total. The van der Waals surface area contributed by atoms with Crippen molar-refractivity contribution in [1.29, 1.82) is 0 Å². The maximum absolute atomic E-state index is 4.10. The quantitative estimate of drug-likeness (QED) is 0.709. The van der Waals surface area contributed by atoms with Crippen molar-refractivity contribution in [2.45, 2.75) is 24.6 Å². The number of halogens is 1. The SMILES string of the molecule is CC(Br)CCc1ccnn1C. The van der Waals surface area contributed by atoms with Gasteiger partial charge in [0.05, 0.1) is 0 Å². The van der Waals surface area contributed by atoms with Gasteiger partial charge < -0.3 is 0 Å². The van der Waals surface area contributed by atoms with E-state index in [1.807, 2.05) is 17.9 Å². The second-order valence-electron chi connectivity index (χ2n) is 2.77. The fourth-order valence-electron chi connectivity index (χ4n) is 0.993. The number of rotatable bonds is 3. The Bertz CT molecular complexity index is 218. The minimum absolute atomic E-state index is 0.595. The average molecular weight is 217 g/mol. The number of aromatic nitrogens is 2. The summed E-state index contributed by atoms with van der Waals surface area (Å²) < 4.78 is 1.93. The van der Waals surface area contributed by atoms with Crippen LogP contribution in [0.4, 0.5) is 0 Å². The Morgan fingerprint density at radius 1 is 1.73 bits per heavy atom. The molecule has 0 aromatic carbocycles. The van der Waals surface area contributed by atoms with Crippen LogP contribution in [-0.2, 0) is 13.5 Å². The minimum atomic E-state index is 0.595. The Labute approximate surface area is 75.7 Å². The number of alkyl halides is 1. The molecule has 2 nitrogen and oxygen atoms in total. The van der Waals surface area contributed by atoms with E-state index in [2.05, 4.69) is 34.0 Å². The van der Waals surface area contributed by atoms with Gasteiger partial charge in [-0.15, -0.1) is 0 Å². The van der Waals surface area contributed by atoms with Crippen LogP contribution in [0.3, 0.4) is 0 Å². The van der Waals surface area contributed by atoms with Gasteiger partial charge in [0.1, 0.15) is 0 Å². The third-order valence-electron chi connectivity index (χ3n) is 1.72. The van der Waals surface area contributed by atoms with Crippen LogP contribution < -0.4 is 0 Å². The first-order valence-electron chi connectivity index (χ1n) is 3.81. The third-order valence-corrected chi connectivity index (χ3v) is 2.18. The Balaban J connectivity index is 2.44. The molecule has 0 aliphatic rings. The molecule has 1 unspecified atom stereocenters. The third kappa shape index (κ3) is 2.66. The van der Waals surface area contributed by atoms with Gasteiger partial charge in [0.15, 0.2) is 0 Å². The summed E-state index contributed by atoms with van der Waals surface area (Å²) in [5.74, 6) is 0. The molecule has 11 heavy (non-hydrogen) atoms. The zero-order valence-electron chi connectivity index (χ0n) is 6.92. The Kier molecular flexibility index (Phi) is 3.12. The molecular formula is C8H13BrN2. The topological polar surface area (TPSA) is 17.8 Å². The number of hydrogen-bond donors (Lipinski definition) is 0. The highest BCUT2D eigenvalue weighted by atomic mass is 79.9. The van der Waals surface area contributed by atoms with Crippen molar-refractivity contribution in [2.24, 2.45) is 7.05 Å². The molecule has 0 saturated carbocycles. The van der Waals surface area contributed by atoms with Gasteiger partial charge in [-0.3, -0.25) is 4.68 Å². The summed E-state index contributed by atoms with van der Waals surface area (Å²) >= 11 is 3.52. The largest absolute Gasteiger partial charge is 0.273 e. The van der Waals surface area contributed by atoms with Crippen LogP contribution in [-0.4, -0.2) is 14.6 Å². The highest BCUT2D eigenvalue weighted by molar-refractivity contribution is 9.09. The summed E-state index contributed by atoms with van der Waals surface area (Å²) in [7, 11) is 1.98. The summed E-state index contributed by atoms with van der Waals surface area (Å²) in [6.45, 7) is 2.16. The molecule has 0 fully saturated rings. The first kappa shape index (κ1) is 8.78. The van der Waals surface area contributed by atoms with Crippen molar-refractivity contribution < 1.29 is 0 Å². The van der Waals surface area contributed by atoms with Crippen molar-refractivity contribution in [3.8, 4) is 0 Å². The van der Waals surface area contributed by atoms with Gasteiger partial charge in [-0.1, -0.05) is 22.9 Å². The first-order chi connectivity index (χ1) is 5.20. The fraction of sp³-hybridized carbons (Fsp3) is 0.625. The van der Waals surface area contributed by atoms with Crippen molar-refractivity contribution in [1.82, 2.24) is 9.78 Å². The molecule has 1 atom stereocenters. The van der Waals surface area contributed by atoms with E-state index >= 15 is 0 Å². The number of nitrogens with zero attached hydrogens (tertiary/aromatic N) is 2. The predicted molar refractivity (Wildman–Crippen MR) is 49.9 cm³/mol. The van der Waals surface area contributed by atoms with Crippen molar-refractivity contribution in [2.75, 3.05) is 0 Å². The van der Waals surface area contributed by atoms with Crippen LogP contribution in [0.5, 0.6) is 0 Å². The normalized spacial score (nSPS) is 13.4. The van der Waals surface area contributed by atoms with Crippen LogP contribution in [0.2, 0.25) is 0 Å². The molecule has 0 aliphatic carbocycles. The minimum Gasteiger partial charge on any atom is -0.273 e. The standard InChI is InChI=1S/C8H13BrN2/c1-7(9)3-4-8-5-6-10-11(8)2/h5-7H,3-4H2,1-2H3. The molecule has 62 valence electrons. The maximum atomic E-state index is 4.10. The van der Waals surface area contributed by atoms with Crippen LogP contribution in [0.25, 0.3) is 0 Å². The van der Waals surface area contributed by atoms with E-state index in [1.165, 1.54) is 12.1 Å². The van der Waals surface area contributed by atoms with Crippen molar-refractivity contribution in [3.05, 3.63) is 18.0 Å². The van der Waals surface area contributed by atoms with E-state index in [-0.39, 0.29) is 0 Å². The van der Waals surface area contributed by atoms with Crippen molar-refractivity contribution in [3.63, 3.8) is 0 Å².